The van der Waals surface area contributed by atoms with Crippen molar-refractivity contribution in [1.82, 2.24) is 5.43 Å². The molecular formula is C19H19ClN2O4. The van der Waals surface area contributed by atoms with E-state index in [-0.39, 0.29) is 12.5 Å². The molecule has 7 heteroatoms. The van der Waals surface area contributed by atoms with E-state index in [9.17, 15) is 4.79 Å². The van der Waals surface area contributed by atoms with E-state index in [0.717, 1.165) is 11.1 Å². The monoisotopic (exact) mass is 374 g/mol. The number of nitrogens with zero attached hydrogens (tertiary/aromatic N) is 1. The molecule has 0 fully saturated rings. The van der Waals surface area contributed by atoms with Gasteiger partial charge < -0.3 is 14.2 Å². The van der Waals surface area contributed by atoms with E-state index in [1.54, 1.807) is 12.1 Å². The van der Waals surface area contributed by atoms with Gasteiger partial charge in [0.25, 0.3) is 5.91 Å². The van der Waals surface area contributed by atoms with E-state index in [2.05, 4.69) is 10.5 Å². The summed E-state index contributed by atoms with van der Waals surface area (Å²) in [4.78, 5) is 11.9. The molecule has 26 heavy (non-hydrogen) atoms. The standard InChI is InChI=1S/C19H19ClN2O4/c1-12-5-13(2)7-15(6-12)26-11-18(23)22-21-10-14-8-16(20)19-17(9-14)24-3-4-25-19/h5-10H,3-4,11H2,1-2H3,(H,22,23)/b21-10-. The Morgan fingerprint density at radius 2 is 1.92 bits per heavy atom. The topological polar surface area (TPSA) is 69.2 Å². The Bertz CT molecular complexity index is 831. The Hall–Kier alpha value is -2.73. The molecule has 0 spiro atoms. The van der Waals surface area contributed by atoms with Crippen molar-refractivity contribution in [1.29, 1.82) is 0 Å². The third kappa shape index (κ3) is 4.67. The molecule has 3 rings (SSSR count). The number of ether oxygens (including phenoxy) is 3. The predicted molar refractivity (Wildman–Crippen MR) is 99.6 cm³/mol. The number of rotatable bonds is 5. The zero-order valence-electron chi connectivity index (χ0n) is 14.5. The number of carbonyl (C=O) groups excluding carboxylic acids is 1. The van der Waals surface area contributed by atoms with Gasteiger partial charge in [-0.15, -0.1) is 0 Å². The number of benzene rings is 2. The first-order valence-corrected chi connectivity index (χ1v) is 8.51. The summed E-state index contributed by atoms with van der Waals surface area (Å²) >= 11 is 6.16. The van der Waals surface area contributed by atoms with Crippen LogP contribution in [0.2, 0.25) is 5.02 Å². The van der Waals surface area contributed by atoms with Crippen LogP contribution < -0.4 is 19.6 Å². The largest absolute Gasteiger partial charge is 0.486 e. The normalized spacial score (nSPS) is 12.9. The summed E-state index contributed by atoms with van der Waals surface area (Å²) in [5.74, 6) is 1.39. The molecule has 2 aromatic carbocycles. The fourth-order valence-corrected chi connectivity index (χ4v) is 2.86. The molecule has 0 saturated carbocycles. The Labute approximate surface area is 156 Å². The third-order valence-electron chi connectivity index (χ3n) is 3.59. The van der Waals surface area contributed by atoms with Crippen LogP contribution in [-0.4, -0.2) is 31.9 Å². The average molecular weight is 375 g/mol. The van der Waals surface area contributed by atoms with E-state index in [0.29, 0.717) is 41.0 Å². The van der Waals surface area contributed by atoms with Crippen LogP contribution in [0.15, 0.2) is 35.4 Å². The van der Waals surface area contributed by atoms with Gasteiger partial charge in [-0.25, -0.2) is 5.43 Å². The summed E-state index contributed by atoms with van der Waals surface area (Å²) in [6, 6.07) is 9.23. The molecule has 1 heterocycles. The fraction of sp³-hybridized carbons (Fsp3) is 0.263. The fourth-order valence-electron chi connectivity index (χ4n) is 2.58. The van der Waals surface area contributed by atoms with Crippen molar-refractivity contribution in [3.63, 3.8) is 0 Å². The smallest absolute Gasteiger partial charge is 0.277 e. The average Bonchev–Trinajstić information content (AvgIpc) is 2.59. The lowest BCUT2D eigenvalue weighted by Gasteiger charge is -2.19. The van der Waals surface area contributed by atoms with Crippen LogP contribution in [0.1, 0.15) is 16.7 Å². The highest BCUT2D eigenvalue weighted by molar-refractivity contribution is 6.32. The molecule has 2 aromatic rings. The molecule has 1 aliphatic rings. The van der Waals surface area contributed by atoms with Gasteiger partial charge in [0.05, 0.1) is 11.2 Å². The molecule has 0 saturated heterocycles. The van der Waals surface area contributed by atoms with Gasteiger partial charge in [-0.1, -0.05) is 17.7 Å². The van der Waals surface area contributed by atoms with Crippen LogP contribution in [-0.2, 0) is 4.79 Å². The van der Waals surface area contributed by atoms with Crippen molar-refractivity contribution in [2.24, 2.45) is 5.10 Å². The van der Waals surface area contributed by atoms with Gasteiger partial charge in [0, 0.05) is 0 Å². The molecule has 1 amide bonds. The molecule has 0 aromatic heterocycles. The van der Waals surface area contributed by atoms with Crippen LogP contribution in [0, 0.1) is 13.8 Å². The number of hydrogen-bond donors (Lipinski definition) is 1. The van der Waals surface area contributed by atoms with Crippen LogP contribution in [0.25, 0.3) is 0 Å². The molecule has 136 valence electrons. The Balaban J connectivity index is 1.55. The van der Waals surface area contributed by atoms with Crippen molar-refractivity contribution in [2.45, 2.75) is 13.8 Å². The molecule has 0 radical (unpaired) electrons. The van der Waals surface area contributed by atoms with Crippen LogP contribution >= 0.6 is 11.6 Å². The van der Waals surface area contributed by atoms with E-state index >= 15 is 0 Å². The highest BCUT2D eigenvalue weighted by atomic mass is 35.5. The van der Waals surface area contributed by atoms with E-state index in [4.69, 9.17) is 25.8 Å². The number of aryl methyl sites for hydroxylation is 2. The minimum Gasteiger partial charge on any atom is -0.486 e. The number of hydrazone groups is 1. The molecular weight excluding hydrogens is 356 g/mol. The first kappa shape index (κ1) is 18.1. The Kier molecular flexibility index (Phi) is 5.63. The van der Waals surface area contributed by atoms with Gasteiger partial charge in [-0.3, -0.25) is 4.79 Å². The van der Waals surface area contributed by atoms with Gasteiger partial charge in [0.2, 0.25) is 0 Å². The van der Waals surface area contributed by atoms with Crippen molar-refractivity contribution >= 4 is 23.7 Å². The van der Waals surface area contributed by atoms with E-state index in [1.807, 2.05) is 32.0 Å². The molecule has 6 nitrogen and oxygen atoms in total. The number of carbonyl (C=O) groups is 1. The summed E-state index contributed by atoms with van der Waals surface area (Å²) in [5.41, 5.74) is 5.27. The Morgan fingerprint density at radius 1 is 1.19 bits per heavy atom. The molecule has 1 aliphatic heterocycles. The van der Waals surface area contributed by atoms with Gasteiger partial charge in [-0.05, 0) is 54.8 Å². The van der Waals surface area contributed by atoms with Gasteiger partial charge in [0.1, 0.15) is 19.0 Å². The predicted octanol–water partition coefficient (Wildman–Crippen LogP) is 3.26. The maximum atomic E-state index is 11.9. The van der Waals surface area contributed by atoms with Crippen LogP contribution in [0.3, 0.4) is 0 Å². The second kappa shape index (κ2) is 8.10. The number of nitrogens with one attached hydrogen (secondary N) is 1. The second-order valence-electron chi connectivity index (χ2n) is 5.93. The van der Waals surface area contributed by atoms with Crippen LogP contribution in [0.5, 0.6) is 17.2 Å². The van der Waals surface area contributed by atoms with Crippen molar-refractivity contribution in [2.75, 3.05) is 19.8 Å². The van der Waals surface area contributed by atoms with Crippen molar-refractivity contribution in [3.8, 4) is 17.2 Å². The number of halogens is 1. The number of amides is 1. The quantitative estimate of drug-likeness (QED) is 0.644. The first-order valence-electron chi connectivity index (χ1n) is 8.13. The number of hydrogen-bond acceptors (Lipinski definition) is 5. The zero-order valence-corrected chi connectivity index (χ0v) is 15.3. The maximum Gasteiger partial charge on any atom is 0.277 e. The highest BCUT2D eigenvalue weighted by Gasteiger charge is 2.16. The molecule has 0 bridgehead atoms. The third-order valence-corrected chi connectivity index (χ3v) is 3.87. The van der Waals surface area contributed by atoms with Crippen LogP contribution in [0.4, 0.5) is 0 Å². The summed E-state index contributed by atoms with van der Waals surface area (Å²) in [7, 11) is 0. The Morgan fingerprint density at radius 3 is 2.69 bits per heavy atom. The first-order chi connectivity index (χ1) is 12.5. The van der Waals surface area contributed by atoms with Crippen molar-refractivity contribution < 1.29 is 19.0 Å². The SMILES string of the molecule is Cc1cc(C)cc(OCC(=O)N/N=C\c2cc(Cl)c3c(c2)OCCO3)c1. The molecule has 0 aliphatic carbocycles. The zero-order chi connectivity index (χ0) is 18.5. The van der Waals surface area contributed by atoms with Gasteiger partial charge in [0.15, 0.2) is 18.1 Å². The lowest BCUT2D eigenvalue weighted by atomic mass is 10.1. The van der Waals surface area contributed by atoms with Gasteiger partial charge >= 0.3 is 0 Å². The lowest BCUT2D eigenvalue weighted by molar-refractivity contribution is -0.123. The summed E-state index contributed by atoms with van der Waals surface area (Å²) in [6.45, 7) is 4.76. The second-order valence-corrected chi connectivity index (χ2v) is 6.34. The maximum absolute atomic E-state index is 11.9. The van der Waals surface area contributed by atoms with Gasteiger partial charge in [-0.2, -0.15) is 5.10 Å². The molecule has 0 atom stereocenters. The lowest BCUT2D eigenvalue weighted by Crippen LogP contribution is -2.24. The summed E-state index contributed by atoms with van der Waals surface area (Å²) in [6.07, 6.45) is 1.48. The molecule has 0 unspecified atom stereocenters. The molecule has 1 N–H and O–H groups in total. The van der Waals surface area contributed by atoms with E-state index in [1.165, 1.54) is 6.21 Å². The highest BCUT2D eigenvalue weighted by Crippen LogP contribution is 2.37. The minimum absolute atomic E-state index is 0.123. The summed E-state index contributed by atoms with van der Waals surface area (Å²) < 4.78 is 16.4. The van der Waals surface area contributed by atoms with Crippen molar-refractivity contribution in [3.05, 3.63) is 52.0 Å². The minimum atomic E-state index is -0.357. The van der Waals surface area contributed by atoms with E-state index < -0.39 is 0 Å². The number of fused-ring (bicyclic) bond motifs is 1. The summed E-state index contributed by atoms with van der Waals surface area (Å²) in [5, 5.41) is 4.36.